The predicted molar refractivity (Wildman–Crippen MR) is 71.1 cm³/mol. The van der Waals surface area contributed by atoms with Gasteiger partial charge in [0.05, 0.1) is 0 Å². The Labute approximate surface area is 113 Å². The standard InChI is InChI=1S/C15H19NO3/c1-10(2)5-15(17)16-4-3-11-6-13-14(19-9-18-13)7-12(11)8-16/h6-7,10H,3-5,8-9H2,1-2H3. The third kappa shape index (κ3) is 2.39. The summed E-state index contributed by atoms with van der Waals surface area (Å²) in [6.07, 6.45) is 1.52. The lowest BCUT2D eigenvalue weighted by Crippen LogP contribution is -2.36. The molecule has 2 heterocycles. The van der Waals surface area contributed by atoms with E-state index in [-0.39, 0.29) is 5.91 Å². The van der Waals surface area contributed by atoms with E-state index in [0.717, 1.165) is 24.5 Å². The molecule has 0 unspecified atom stereocenters. The van der Waals surface area contributed by atoms with Gasteiger partial charge in [-0.2, -0.15) is 0 Å². The maximum atomic E-state index is 12.1. The molecule has 0 radical (unpaired) electrons. The van der Waals surface area contributed by atoms with Crippen molar-refractivity contribution in [2.45, 2.75) is 33.2 Å². The second-order valence-electron chi connectivity index (χ2n) is 5.64. The van der Waals surface area contributed by atoms with E-state index >= 15 is 0 Å². The third-order valence-electron chi connectivity index (χ3n) is 3.64. The lowest BCUT2D eigenvalue weighted by atomic mass is 9.98. The number of hydrogen-bond donors (Lipinski definition) is 0. The molecule has 0 aliphatic carbocycles. The van der Waals surface area contributed by atoms with E-state index in [1.54, 1.807) is 0 Å². The number of rotatable bonds is 2. The van der Waals surface area contributed by atoms with E-state index < -0.39 is 0 Å². The Morgan fingerprint density at radius 1 is 1.26 bits per heavy atom. The van der Waals surface area contributed by atoms with Gasteiger partial charge in [-0.05, 0) is 35.6 Å². The smallest absolute Gasteiger partial charge is 0.231 e. The summed E-state index contributed by atoms with van der Waals surface area (Å²) in [5, 5.41) is 0. The van der Waals surface area contributed by atoms with Crippen molar-refractivity contribution in [1.29, 1.82) is 0 Å². The first-order valence-electron chi connectivity index (χ1n) is 6.82. The van der Waals surface area contributed by atoms with Crippen molar-refractivity contribution < 1.29 is 14.3 Å². The lowest BCUT2D eigenvalue weighted by Gasteiger charge is -2.29. The molecule has 0 aromatic heterocycles. The number of ether oxygens (including phenoxy) is 2. The minimum absolute atomic E-state index is 0.248. The fraction of sp³-hybridized carbons (Fsp3) is 0.533. The zero-order valence-electron chi connectivity index (χ0n) is 11.4. The minimum Gasteiger partial charge on any atom is -0.454 e. The van der Waals surface area contributed by atoms with Crippen LogP contribution in [0.2, 0.25) is 0 Å². The van der Waals surface area contributed by atoms with Gasteiger partial charge in [-0.25, -0.2) is 0 Å². The van der Waals surface area contributed by atoms with E-state index in [1.165, 1.54) is 11.1 Å². The van der Waals surface area contributed by atoms with E-state index in [2.05, 4.69) is 19.9 Å². The molecule has 4 nitrogen and oxygen atoms in total. The molecule has 0 saturated carbocycles. The van der Waals surface area contributed by atoms with Crippen LogP contribution in [0.5, 0.6) is 11.5 Å². The summed E-state index contributed by atoms with van der Waals surface area (Å²) in [6, 6.07) is 4.08. The molecule has 2 aliphatic rings. The summed E-state index contributed by atoms with van der Waals surface area (Å²) in [5.74, 6) is 2.29. The normalized spacial score (nSPS) is 16.7. The summed E-state index contributed by atoms with van der Waals surface area (Å²) < 4.78 is 10.8. The second kappa shape index (κ2) is 4.76. The first-order chi connectivity index (χ1) is 9.13. The summed E-state index contributed by atoms with van der Waals surface area (Å²) >= 11 is 0. The van der Waals surface area contributed by atoms with Crippen LogP contribution in [-0.4, -0.2) is 24.1 Å². The fourth-order valence-electron chi connectivity index (χ4n) is 2.64. The first kappa shape index (κ1) is 12.3. The fourth-order valence-corrected chi connectivity index (χ4v) is 2.64. The Morgan fingerprint density at radius 2 is 1.95 bits per heavy atom. The van der Waals surface area contributed by atoms with Crippen LogP contribution in [0.4, 0.5) is 0 Å². The van der Waals surface area contributed by atoms with Crippen molar-refractivity contribution in [3.63, 3.8) is 0 Å². The monoisotopic (exact) mass is 261 g/mol. The lowest BCUT2D eigenvalue weighted by molar-refractivity contribution is -0.132. The van der Waals surface area contributed by atoms with E-state index in [0.29, 0.717) is 25.7 Å². The van der Waals surface area contributed by atoms with Gasteiger partial charge in [-0.1, -0.05) is 13.8 Å². The Morgan fingerprint density at radius 3 is 2.63 bits per heavy atom. The van der Waals surface area contributed by atoms with Gasteiger partial charge in [0.15, 0.2) is 11.5 Å². The zero-order chi connectivity index (χ0) is 13.4. The summed E-state index contributed by atoms with van der Waals surface area (Å²) in [6.45, 7) is 5.95. The van der Waals surface area contributed by atoms with Gasteiger partial charge in [-0.15, -0.1) is 0 Å². The van der Waals surface area contributed by atoms with Crippen LogP contribution in [0.3, 0.4) is 0 Å². The van der Waals surface area contributed by atoms with Crippen molar-refractivity contribution in [3.05, 3.63) is 23.3 Å². The minimum atomic E-state index is 0.248. The Balaban J connectivity index is 1.78. The van der Waals surface area contributed by atoms with Gasteiger partial charge in [-0.3, -0.25) is 4.79 Å². The molecule has 2 aliphatic heterocycles. The van der Waals surface area contributed by atoms with Crippen LogP contribution in [-0.2, 0) is 17.8 Å². The molecule has 3 rings (SSSR count). The third-order valence-corrected chi connectivity index (χ3v) is 3.64. The van der Waals surface area contributed by atoms with Crippen LogP contribution in [0.1, 0.15) is 31.4 Å². The van der Waals surface area contributed by atoms with Gasteiger partial charge in [0.1, 0.15) is 0 Å². The van der Waals surface area contributed by atoms with Crippen molar-refractivity contribution >= 4 is 5.91 Å². The number of nitrogens with zero attached hydrogens (tertiary/aromatic N) is 1. The molecule has 0 atom stereocenters. The Bertz CT molecular complexity index is 510. The molecule has 0 saturated heterocycles. The molecule has 4 heteroatoms. The topological polar surface area (TPSA) is 38.8 Å². The van der Waals surface area contributed by atoms with Crippen molar-refractivity contribution in [2.75, 3.05) is 13.3 Å². The number of amides is 1. The number of fused-ring (bicyclic) bond motifs is 2. The highest BCUT2D eigenvalue weighted by atomic mass is 16.7. The SMILES string of the molecule is CC(C)CC(=O)N1CCc2cc3c(cc2C1)OCO3. The van der Waals surface area contributed by atoms with Crippen LogP contribution >= 0.6 is 0 Å². The van der Waals surface area contributed by atoms with Gasteiger partial charge in [0.25, 0.3) is 0 Å². The van der Waals surface area contributed by atoms with Crippen LogP contribution < -0.4 is 9.47 Å². The van der Waals surface area contributed by atoms with Crippen LogP contribution in [0.15, 0.2) is 12.1 Å². The average Bonchev–Trinajstić information content (AvgIpc) is 2.81. The molecule has 1 aromatic carbocycles. The summed E-state index contributed by atoms with van der Waals surface area (Å²) in [4.78, 5) is 14.1. The van der Waals surface area contributed by atoms with Crippen LogP contribution in [0.25, 0.3) is 0 Å². The molecule has 1 amide bonds. The molecule has 102 valence electrons. The van der Waals surface area contributed by atoms with E-state index in [4.69, 9.17) is 9.47 Å². The number of benzene rings is 1. The highest BCUT2D eigenvalue weighted by molar-refractivity contribution is 5.76. The largest absolute Gasteiger partial charge is 0.454 e. The summed E-state index contributed by atoms with van der Waals surface area (Å²) in [5.41, 5.74) is 2.46. The average molecular weight is 261 g/mol. The maximum absolute atomic E-state index is 12.1. The van der Waals surface area contributed by atoms with Gasteiger partial charge >= 0.3 is 0 Å². The molecule has 0 N–H and O–H groups in total. The van der Waals surface area contributed by atoms with Crippen molar-refractivity contribution in [2.24, 2.45) is 5.92 Å². The van der Waals surface area contributed by atoms with Gasteiger partial charge < -0.3 is 14.4 Å². The zero-order valence-corrected chi connectivity index (χ0v) is 11.4. The van der Waals surface area contributed by atoms with Crippen LogP contribution in [0, 0.1) is 5.92 Å². The molecule has 1 aromatic rings. The van der Waals surface area contributed by atoms with E-state index in [9.17, 15) is 4.79 Å². The molecular formula is C15H19NO3. The van der Waals surface area contributed by atoms with Gasteiger partial charge in [0.2, 0.25) is 12.7 Å². The summed E-state index contributed by atoms with van der Waals surface area (Å²) in [7, 11) is 0. The molecular weight excluding hydrogens is 242 g/mol. The predicted octanol–water partition coefficient (Wildman–Crippen LogP) is 2.35. The Hall–Kier alpha value is -1.71. The van der Waals surface area contributed by atoms with E-state index in [1.807, 2.05) is 11.0 Å². The first-order valence-corrected chi connectivity index (χ1v) is 6.82. The van der Waals surface area contributed by atoms with Gasteiger partial charge in [0, 0.05) is 19.5 Å². The maximum Gasteiger partial charge on any atom is 0.231 e. The molecule has 0 fully saturated rings. The quantitative estimate of drug-likeness (QED) is 0.820. The number of carbonyl (C=O) groups is 1. The highest BCUT2D eigenvalue weighted by Crippen LogP contribution is 2.36. The second-order valence-corrected chi connectivity index (χ2v) is 5.64. The number of carbonyl (C=O) groups excluding carboxylic acids is 1. The molecule has 19 heavy (non-hydrogen) atoms. The van der Waals surface area contributed by atoms with Crippen molar-refractivity contribution in [1.82, 2.24) is 4.90 Å². The molecule has 0 bridgehead atoms. The molecule has 0 spiro atoms. The highest BCUT2D eigenvalue weighted by Gasteiger charge is 2.24. The Kier molecular flexibility index (Phi) is 3.09. The van der Waals surface area contributed by atoms with Crippen molar-refractivity contribution in [3.8, 4) is 11.5 Å². The number of hydrogen-bond acceptors (Lipinski definition) is 3.